The number of nitrogens with zero attached hydrogens (tertiary/aromatic N) is 3. The van der Waals surface area contributed by atoms with Crippen molar-refractivity contribution in [2.45, 2.75) is 32.4 Å². The van der Waals surface area contributed by atoms with Gasteiger partial charge in [0, 0.05) is 44.6 Å². The van der Waals surface area contributed by atoms with Crippen LogP contribution in [0.3, 0.4) is 0 Å². The molecule has 15 heteroatoms. The van der Waals surface area contributed by atoms with Crippen LogP contribution >= 0.6 is 11.3 Å². The first kappa shape index (κ1) is 30.4. The maximum absolute atomic E-state index is 13.3. The van der Waals surface area contributed by atoms with Crippen molar-refractivity contribution < 1.29 is 50.5 Å². The number of rotatable bonds is 4. The number of carboxylic acids is 2. The van der Waals surface area contributed by atoms with Crippen molar-refractivity contribution in [2.24, 2.45) is 11.8 Å². The van der Waals surface area contributed by atoms with Crippen molar-refractivity contribution in [3.05, 3.63) is 51.7 Å². The van der Waals surface area contributed by atoms with Gasteiger partial charge in [-0.05, 0) is 36.5 Å². The van der Waals surface area contributed by atoms with Crippen LogP contribution in [-0.2, 0) is 22.7 Å². The fourth-order valence-corrected chi connectivity index (χ4v) is 4.65. The fraction of sp³-hybridized carbons (Fsp3) is 0.500. The monoisotopic (exact) mass is 559 g/mol. The molecule has 2 N–H and O–H groups in total. The van der Waals surface area contributed by atoms with Gasteiger partial charge in [0.25, 0.3) is 0 Å². The molecule has 37 heavy (non-hydrogen) atoms. The van der Waals surface area contributed by atoms with Crippen LogP contribution in [0.5, 0.6) is 0 Å². The van der Waals surface area contributed by atoms with Gasteiger partial charge in [0.1, 0.15) is 5.82 Å². The number of halogens is 7. The standard InChI is InChI=1S/C18H22FN3S.2C2HF3O2/c1-13-20-18(12-23-13)11-22-9-15-7-21(8-16(15)10-22)6-14-3-2-4-17(19)5-14;2*3-2(4,5)1(6)7/h2-5,12,15-16H,6-11H2,1H3;2*(H,6,7). The van der Waals surface area contributed by atoms with Crippen LogP contribution in [-0.4, -0.2) is 75.5 Å². The van der Waals surface area contributed by atoms with Gasteiger partial charge >= 0.3 is 24.3 Å². The Morgan fingerprint density at radius 3 is 1.78 bits per heavy atom. The highest BCUT2D eigenvalue weighted by Gasteiger charge is 2.40. The number of fused-ring (bicyclic) bond motifs is 1. The second-order valence-electron chi connectivity index (χ2n) is 8.50. The molecule has 0 saturated carbocycles. The number of aryl methyl sites for hydroxylation is 1. The molecule has 2 atom stereocenters. The Bertz CT molecular complexity index is 1020. The van der Waals surface area contributed by atoms with Gasteiger partial charge in [-0.3, -0.25) is 9.80 Å². The lowest BCUT2D eigenvalue weighted by Crippen LogP contribution is -2.28. The van der Waals surface area contributed by atoms with Crippen LogP contribution in [0.2, 0.25) is 0 Å². The molecule has 2 aliphatic rings. The van der Waals surface area contributed by atoms with Crippen molar-refractivity contribution >= 4 is 23.3 Å². The molecule has 2 fully saturated rings. The number of hydrogen-bond acceptors (Lipinski definition) is 6. The molecule has 2 saturated heterocycles. The summed E-state index contributed by atoms with van der Waals surface area (Å²) in [5, 5.41) is 17.6. The van der Waals surface area contributed by atoms with E-state index in [1.807, 2.05) is 6.07 Å². The normalized spacial score (nSPS) is 19.9. The summed E-state index contributed by atoms with van der Waals surface area (Å²) in [6.45, 7) is 8.53. The van der Waals surface area contributed by atoms with Crippen LogP contribution < -0.4 is 0 Å². The van der Waals surface area contributed by atoms with E-state index in [1.165, 1.54) is 24.8 Å². The summed E-state index contributed by atoms with van der Waals surface area (Å²) >= 11 is 1.74. The van der Waals surface area contributed by atoms with E-state index in [9.17, 15) is 30.7 Å². The Hall–Kier alpha value is -2.78. The number of aliphatic carboxylic acids is 2. The maximum atomic E-state index is 13.3. The van der Waals surface area contributed by atoms with Crippen LogP contribution in [0.1, 0.15) is 16.3 Å². The summed E-state index contributed by atoms with van der Waals surface area (Å²) in [6, 6.07) is 7.00. The van der Waals surface area contributed by atoms with E-state index in [0.717, 1.165) is 48.6 Å². The van der Waals surface area contributed by atoms with E-state index < -0.39 is 24.3 Å². The summed E-state index contributed by atoms with van der Waals surface area (Å²) in [5.41, 5.74) is 2.30. The lowest BCUT2D eigenvalue weighted by atomic mass is 10.0. The third kappa shape index (κ3) is 10.2. The molecule has 0 aliphatic carbocycles. The van der Waals surface area contributed by atoms with Gasteiger partial charge in [0.15, 0.2) is 0 Å². The van der Waals surface area contributed by atoms with E-state index in [4.69, 9.17) is 19.8 Å². The maximum Gasteiger partial charge on any atom is 0.490 e. The van der Waals surface area contributed by atoms with Gasteiger partial charge in [-0.15, -0.1) is 11.3 Å². The Morgan fingerprint density at radius 2 is 1.41 bits per heavy atom. The highest BCUT2D eigenvalue weighted by atomic mass is 32.1. The Kier molecular flexibility index (Phi) is 10.4. The smallest absolute Gasteiger partial charge is 0.475 e. The average Bonchev–Trinajstić information content (AvgIpc) is 3.42. The van der Waals surface area contributed by atoms with Crippen LogP contribution in [0, 0.1) is 24.6 Å². The third-order valence-corrected chi connectivity index (χ3v) is 6.29. The lowest BCUT2D eigenvalue weighted by molar-refractivity contribution is -0.193. The molecular weight excluding hydrogens is 535 g/mol. The highest BCUT2D eigenvalue weighted by molar-refractivity contribution is 7.09. The number of alkyl halides is 6. The molecule has 206 valence electrons. The first-order valence-electron chi connectivity index (χ1n) is 10.7. The van der Waals surface area contributed by atoms with Crippen LogP contribution in [0.15, 0.2) is 29.6 Å². The van der Waals surface area contributed by atoms with Crippen molar-refractivity contribution in [1.29, 1.82) is 0 Å². The molecule has 0 radical (unpaired) electrons. The van der Waals surface area contributed by atoms with Crippen LogP contribution in [0.25, 0.3) is 0 Å². The molecule has 0 bridgehead atoms. The van der Waals surface area contributed by atoms with Gasteiger partial charge < -0.3 is 10.2 Å². The van der Waals surface area contributed by atoms with E-state index in [0.29, 0.717) is 0 Å². The van der Waals surface area contributed by atoms with E-state index >= 15 is 0 Å². The van der Waals surface area contributed by atoms with E-state index in [1.54, 1.807) is 23.5 Å². The van der Waals surface area contributed by atoms with Crippen molar-refractivity contribution in [2.75, 3.05) is 26.2 Å². The third-order valence-electron chi connectivity index (χ3n) is 5.47. The number of carboxylic acid groups (broad SMARTS) is 2. The highest BCUT2D eigenvalue weighted by Crippen LogP contribution is 2.32. The summed E-state index contributed by atoms with van der Waals surface area (Å²) in [7, 11) is 0. The molecule has 3 heterocycles. The largest absolute Gasteiger partial charge is 0.490 e. The molecule has 4 rings (SSSR count). The SMILES string of the molecule is Cc1nc(CN2CC3CN(Cc4cccc(F)c4)CC3C2)cs1.O=C(O)C(F)(F)F.O=C(O)C(F)(F)F. The Labute approximate surface area is 211 Å². The number of carbonyl (C=O) groups is 2. The first-order chi connectivity index (χ1) is 17.0. The van der Waals surface area contributed by atoms with Gasteiger partial charge in [-0.25, -0.2) is 19.0 Å². The number of thiazole rings is 1. The molecule has 1 aromatic carbocycles. The molecule has 7 nitrogen and oxygen atoms in total. The second kappa shape index (κ2) is 12.6. The van der Waals surface area contributed by atoms with Crippen molar-refractivity contribution in [3.63, 3.8) is 0 Å². The number of likely N-dealkylation sites (tertiary alicyclic amines) is 2. The van der Waals surface area contributed by atoms with Gasteiger partial charge in [0.2, 0.25) is 0 Å². The molecule has 0 amide bonds. The summed E-state index contributed by atoms with van der Waals surface area (Å²) in [4.78, 5) is 27.4. The summed E-state index contributed by atoms with van der Waals surface area (Å²) in [6.07, 6.45) is -10.2. The first-order valence-corrected chi connectivity index (χ1v) is 11.6. The van der Waals surface area contributed by atoms with Gasteiger partial charge in [0.05, 0.1) is 10.7 Å². The average molecular weight is 560 g/mol. The van der Waals surface area contributed by atoms with E-state index in [-0.39, 0.29) is 5.82 Å². The number of aromatic nitrogens is 1. The summed E-state index contributed by atoms with van der Waals surface area (Å²) < 4.78 is 76.8. The quantitative estimate of drug-likeness (QED) is 0.536. The number of hydrogen-bond donors (Lipinski definition) is 2. The minimum atomic E-state index is -5.08. The predicted octanol–water partition coefficient (Wildman–Crippen LogP) is 4.42. The van der Waals surface area contributed by atoms with Crippen molar-refractivity contribution in [3.8, 4) is 0 Å². The summed E-state index contributed by atoms with van der Waals surface area (Å²) in [5.74, 6) is -4.14. The fourth-order valence-electron chi connectivity index (χ4n) is 4.05. The van der Waals surface area contributed by atoms with Crippen LogP contribution in [0.4, 0.5) is 30.7 Å². The lowest BCUT2D eigenvalue weighted by Gasteiger charge is -2.21. The van der Waals surface area contributed by atoms with Crippen molar-refractivity contribution in [1.82, 2.24) is 14.8 Å². The minimum absolute atomic E-state index is 0.133. The molecule has 1 aromatic heterocycles. The zero-order valence-corrected chi connectivity index (χ0v) is 20.2. The van der Waals surface area contributed by atoms with E-state index in [2.05, 4.69) is 27.1 Å². The second-order valence-corrected chi connectivity index (χ2v) is 9.56. The molecule has 2 aliphatic heterocycles. The molecule has 0 spiro atoms. The molecular formula is C22H24F7N3O4S. The zero-order valence-electron chi connectivity index (χ0n) is 19.4. The zero-order chi connectivity index (χ0) is 28.0. The topological polar surface area (TPSA) is 94.0 Å². The minimum Gasteiger partial charge on any atom is -0.475 e. The predicted molar refractivity (Wildman–Crippen MR) is 118 cm³/mol. The molecule has 2 unspecified atom stereocenters. The Morgan fingerprint density at radius 1 is 0.946 bits per heavy atom. The van der Waals surface area contributed by atoms with Gasteiger partial charge in [-0.2, -0.15) is 26.3 Å². The Balaban J connectivity index is 0.000000286. The molecule has 2 aromatic rings. The van der Waals surface area contributed by atoms with Gasteiger partial charge in [-0.1, -0.05) is 12.1 Å². The number of benzene rings is 1.